The van der Waals surface area contributed by atoms with Crippen LogP contribution in [0.2, 0.25) is 0 Å². The highest BCUT2D eigenvalue weighted by molar-refractivity contribution is 9.11. The standard InChI is InChI=1S/C16H16Br2FN/c1-10-3-5-13(19)7-11(10)8-16(20-2)14-6-4-12(17)9-15(14)18/h3-7,9,16,20H,8H2,1-2H3. The maximum Gasteiger partial charge on any atom is 0.123 e. The van der Waals surface area contributed by atoms with Crippen LogP contribution in [-0.4, -0.2) is 7.05 Å². The van der Waals surface area contributed by atoms with E-state index in [1.54, 1.807) is 6.07 Å². The Hall–Kier alpha value is -0.710. The average Bonchev–Trinajstić information content (AvgIpc) is 2.40. The fraction of sp³-hybridized carbons (Fsp3) is 0.250. The van der Waals surface area contributed by atoms with Gasteiger partial charge < -0.3 is 5.32 Å². The number of aryl methyl sites for hydroxylation is 1. The highest BCUT2D eigenvalue weighted by atomic mass is 79.9. The Bertz CT molecular complexity index is 613. The number of halogens is 3. The summed E-state index contributed by atoms with van der Waals surface area (Å²) in [6, 6.07) is 11.2. The van der Waals surface area contributed by atoms with Crippen LogP contribution < -0.4 is 5.32 Å². The molecular weight excluding hydrogens is 385 g/mol. The monoisotopic (exact) mass is 399 g/mol. The second-order valence-electron chi connectivity index (χ2n) is 4.78. The highest BCUT2D eigenvalue weighted by Crippen LogP contribution is 2.29. The molecule has 106 valence electrons. The van der Waals surface area contributed by atoms with Gasteiger partial charge in [-0.15, -0.1) is 0 Å². The summed E-state index contributed by atoms with van der Waals surface area (Å²) in [4.78, 5) is 0. The third-order valence-electron chi connectivity index (χ3n) is 3.42. The largest absolute Gasteiger partial charge is 0.313 e. The van der Waals surface area contributed by atoms with Gasteiger partial charge in [0, 0.05) is 15.0 Å². The maximum atomic E-state index is 13.4. The van der Waals surface area contributed by atoms with Gasteiger partial charge in [-0.05, 0) is 61.3 Å². The summed E-state index contributed by atoms with van der Waals surface area (Å²) in [6.45, 7) is 2.01. The van der Waals surface area contributed by atoms with Crippen molar-refractivity contribution in [2.75, 3.05) is 7.05 Å². The predicted molar refractivity (Wildman–Crippen MR) is 88.5 cm³/mol. The summed E-state index contributed by atoms with van der Waals surface area (Å²) >= 11 is 7.05. The maximum absolute atomic E-state index is 13.4. The van der Waals surface area contributed by atoms with Crippen LogP contribution in [0.15, 0.2) is 45.3 Å². The molecule has 0 spiro atoms. The molecule has 0 saturated carbocycles. The molecule has 1 nitrogen and oxygen atoms in total. The van der Waals surface area contributed by atoms with Crippen LogP contribution in [0.5, 0.6) is 0 Å². The normalized spacial score (nSPS) is 12.4. The lowest BCUT2D eigenvalue weighted by molar-refractivity contribution is 0.580. The molecule has 0 aliphatic carbocycles. The number of likely N-dealkylation sites (N-methyl/N-ethyl adjacent to an activating group) is 1. The van der Waals surface area contributed by atoms with Crippen LogP contribution in [0, 0.1) is 12.7 Å². The van der Waals surface area contributed by atoms with Crippen molar-refractivity contribution in [1.29, 1.82) is 0 Å². The van der Waals surface area contributed by atoms with E-state index in [-0.39, 0.29) is 11.9 Å². The number of hydrogen-bond donors (Lipinski definition) is 1. The van der Waals surface area contributed by atoms with Crippen molar-refractivity contribution >= 4 is 31.9 Å². The first-order valence-corrected chi connectivity index (χ1v) is 7.97. The molecule has 1 unspecified atom stereocenters. The Morgan fingerprint density at radius 3 is 2.55 bits per heavy atom. The SMILES string of the molecule is CNC(Cc1cc(F)ccc1C)c1ccc(Br)cc1Br. The first-order valence-electron chi connectivity index (χ1n) is 6.38. The summed E-state index contributed by atoms with van der Waals surface area (Å²) in [5.74, 6) is -0.185. The fourth-order valence-electron chi connectivity index (χ4n) is 2.23. The van der Waals surface area contributed by atoms with Crippen LogP contribution in [0.3, 0.4) is 0 Å². The van der Waals surface area contributed by atoms with Gasteiger partial charge in [-0.2, -0.15) is 0 Å². The molecule has 2 aromatic rings. The number of nitrogens with one attached hydrogen (secondary N) is 1. The van der Waals surface area contributed by atoms with Gasteiger partial charge in [-0.25, -0.2) is 4.39 Å². The third kappa shape index (κ3) is 3.68. The van der Waals surface area contributed by atoms with Crippen molar-refractivity contribution in [3.05, 3.63) is 67.9 Å². The highest BCUT2D eigenvalue weighted by Gasteiger charge is 2.15. The molecule has 0 bridgehead atoms. The van der Waals surface area contributed by atoms with Crippen molar-refractivity contribution < 1.29 is 4.39 Å². The van der Waals surface area contributed by atoms with Crippen molar-refractivity contribution in [2.45, 2.75) is 19.4 Å². The van der Waals surface area contributed by atoms with Crippen LogP contribution in [0.25, 0.3) is 0 Å². The number of rotatable bonds is 4. The second-order valence-corrected chi connectivity index (χ2v) is 6.55. The predicted octanol–water partition coefficient (Wildman–Crippen LogP) is 5.16. The minimum absolute atomic E-state index is 0.137. The number of hydrogen-bond acceptors (Lipinski definition) is 1. The minimum Gasteiger partial charge on any atom is -0.313 e. The van der Waals surface area contributed by atoms with Gasteiger partial charge in [0.2, 0.25) is 0 Å². The molecule has 0 aliphatic rings. The molecule has 1 N–H and O–H groups in total. The molecule has 0 fully saturated rings. The summed E-state index contributed by atoms with van der Waals surface area (Å²) in [7, 11) is 1.92. The van der Waals surface area contributed by atoms with Gasteiger partial charge >= 0.3 is 0 Å². The molecule has 0 radical (unpaired) electrons. The van der Waals surface area contributed by atoms with E-state index in [2.05, 4.69) is 43.2 Å². The van der Waals surface area contributed by atoms with Gasteiger partial charge in [0.05, 0.1) is 0 Å². The van der Waals surface area contributed by atoms with Gasteiger partial charge in [-0.1, -0.05) is 44.0 Å². The Labute approximate surface area is 135 Å². The van der Waals surface area contributed by atoms with E-state index in [1.165, 1.54) is 11.6 Å². The minimum atomic E-state index is -0.185. The zero-order valence-corrected chi connectivity index (χ0v) is 14.6. The van der Waals surface area contributed by atoms with Crippen molar-refractivity contribution in [2.24, 2.45) is 0 Å². The Balaban J connectivity index is 2.31. The van der Waals surface area contributed by atoms with E-state index >= 15 is 0 Å². The molecule has 2 aromatic carbocycles. The Kier molecular flexibility index (Phi) is 5.35. The number of benzene rings is 2. The molecule has 0 amide bonds. The molecule has 0 aromatic heterocycles. The van der Waals surface area contributed by atoms with Crippen LogP contribution in [0.4, 0.5) is 4.39 Å². The van der Waals surface area contributed by atoms with Gasteiger partial charge in [0.1, 0.15) is 5.82 Å². The Morgan fingerprint density at radius 2 is 1.90 bits per heavy atom. The zero-order valence-electron chi connectivity index (χ0n) is 11.4. The van der Waals surface area contributed by atoms with Crippen molar-refractivity contribution in [3.63, 3.8) is 0 Å². The van der Waals surface area contributed by atoms with E-state index in [0.717, 1.165) is 26.5 Å². The second kappa shape index (κ2) is 6.83. The van der Waals surface area contributed by atoms with Gasteiger partial charge in [-0.3, -0.25) is 0 Å². The van der Waals surface area contributed by atoms with E-state index in [0.29, 0.717) is 0 Å². The summed E-state index contributed by atoms with van der Waals surface area (Å²) in [6.07, 6.45) is 0.750. The average molecular weight is 401 g/mol. The van der Waals surface area contributed by atoms with Crippen molar-refractivity contribution in [3.8, 4) is 0 Å². The molecule has 1 atom stereocenters. The van der Waals surface area contributed by atoms with Gasteiger partial charge in [0.25, 0.3) is 0 Å². The van der Waals surface area contributed by atoms with E-state index in [1.807, 2.05) is 32.2 Å². The Morgan fingerprint density at radius 1 is 1.15 bits per heavy atom. The lowest BCUT2D eigenvalue weighted by Crippen LogP contribution is -2.19. The summed E-state index contributed by atoms with van der Waals surface area (Å²) in [5, 5.41) is 3.31. The van der Waals surface area contributed by atoms with E-state index in [9.17, 15) is 4.39 Å². The van der Waals surface area contributed by atoms with E-state index in [4.69, 9.17) is 0 Å². The summed E-state index contributed by atoms with van der Waals surface area (Å²) < 4.78 is 15.5. The van der Waals surface area contributed by atoms with Crippen LogP contribution >= 0.6 is 31.9 Å². The van der Waals surface area contributed by atoms with Crippen LogP contribution in [-0.2, 0) is 6.42 Å². The third-order valence-corrected chi connectivity index (χ3v) is 4.60. The molecule has 0 heterocycles. The van der Waals surface area contributed by atoms with Gasteiger partial charge in [0.15, 0.2) is 0 Å². The molecule has 4 heteroatoms. The zero-order chi connectivity index (χ0) is 14.7. The summed E-state index contributed by atoms with van der Waals surface area (Å²) in [5.41, 5.74) is 3.30. The first kappa shape index (κ1) is 15.7. The molecule has 0 saturated heterocycles. The molecular formula is C16H16Br2FN. The lowest BCUT2D eigenvalue weighted by atomic mass is 9.96. The van der Waals surface area contributed by atoms with Crippen LogP contribution in [0.1, 0.15) is 22.7 Å². The molecule has 2 rings (SSSR count). The first-order chi connectivity index (χ1) is 9.51. The van der Waals surface area contributed by atoms with E-state index < -0.39 is 0 Å². The lowest BCUT2D eigenvalue weighted by Gasteiger charge is -2.19. The molecule has 20 heavy (non-hydrogen) atoms. The topological polar surface area (TPSA) is 12.0 Å². The smallest absolute Gasteiger partial charge is 0.123 e. The quantitative estimate of drug-likeness (QED) is 0.747. The fourth-order valence-corrected chi connectivity index (χ4v) is 3.55. The molecule has 0 aliphatic heterocycles. The van der Waals surface area contributed by atoms with Crippen molar-refractivity contribution in [1.82, 2.24) is 5.32 Å².